The second-order valence-electron chi connectivity index (χ2n) is 3.71. The van der Waals surface area contributed by atoms with Crippen LogP contribution in [0.25, 0.3) is 10.5 Å². The van der Waals surface area contributed by atoms with Crippen LogP contribution in [0.5, 0.6) is 0 Å². The zero-order chi connectivity index (χ0) is 11.9. The van der Waals surface area contributed by atoms with Crippen LogP contribution in [0.2, 0.25) is 5.15 Å². The maximum Gasteiger partial charge on any atom is 0.276 e. The van der Waals surface area contributed by atoms with Crippen LogP contribution in [0.3, 0.4) is 0 Å². The van der Waals surface area contributed by atoms with E-state index in [0.29, 0.717) is 5.56 Å². The molecule has 5 nitrogen and oxygen atoms in total. The molecule has 0 bridgehead atoms. The van der Waals surface area contributed by atoms with Gasteiger partial charge in [0.15, 0.2) is 5.65 Å². The SMILES string of the molecule is [C-]#[N+]c1c[nH]n2c(=O)c(C(C)C)c(Cl)nc12. The maximum atomic E-state index is 12.0. The van der Waals surface area contributed by atoms with Crippen molar-refractivity contribution in [3.8, 4) is 0 Å². The van der Waals surface area contributed by atoms with E-state index in [0.717, 1.165) is 0 Å². The van der Waals surface area contributed by atoms with Crippen LogP contribution < -0.4 is 5.56 Å². The quantitative estimate of drug-likeness (QED) is 0.610. The molecule has 0 aliphatic heterocycles. The summed E-state index contributed by atoms with van der Waals surface area (Å²) in [7, 11) is 0. The summed E-state index contributed by atoms with van der Waals surface area (Å²) in [6.07, 6.45) is 1.44. The Morgan fingerprint density at radius 2 is 2.31 bits per heavy atom. The molecule has 6 heteroatoms. The lowest BCUT2D eigenvalue weighted by Gasteiger charge is -2.06. The molecule has 0 saturated carbocycles. The Hall–Kier alpha value is -1.80. The molecule has 2 rings (SSSR count). The van der Waals surface area contributed by atoms with Crippen molar-refractivity contribution in [1.29, 1.82) is 0 Å². The average molecular weight is 237 g/mol. The molecule has 0 amide bonds. The zero-order valence-corrected chi connectivity index (χ0v) is 9.54. The first kappa shape index (κ1) is 10.7. The van der Waals surface area contributed by atoms with Crippen molar-refractivity contribution in [3.63, 3.8) is 0 Å². The maximum absolute atomic E-state index is 12.0. The topological polar surface area (TPSA) is 54.5 Å². The molecule has 0 atom stereocenters. The molecule has 2 aromatic heterocycles. The number of halogens is 1. The summed E-state index contributed by atoms with van der Waals surface area (Å²) in [4.78, 5) is 19.3. The fourth-order valence-electron chi connectivity index (χ4n) is 1.56. The number of nitrogens with zero attached hydrogens (tertiary/aromatic N) is 3. The third-order valence-corrected chi connectivity index (χ3v) is 2.62. The number of nitrogens with one attached hydrogen (secondary N) is 1. The molecule has 0 aromatic carbocycles. The summed E-state index contributed by atoms with van der Waals surface area (Å²) < 4.78 is 1.24. The number of hydrogen-bond acceptors (Lipinski definition) is 2. The molecule has 2 aromatic rings. The molecule has 16 heavy (non-hydrogen) atoms. The molecule has 0 spiro atoms. The molecule has 1 N–H and O–H groups in total. The van der Waals surface area contributed by atoms with E-state index in [1.165, 1.54) is 10.7 Å². The van der Waals surface area contributed by atoms with Gasteiger partial charge >= 0.3 is 0 Å². The van der Waals surface area contributed by atoms with Gasteiger partial charge in [0.1, 0.15) is 5.15 Å². The summed E-state index contributed by atoms with van der Waals surface area (Å²) in [5.74, 6) is -0.0101. The summed E-state index contributed by atoms with van der Waals surface area (Å²) >= 11 is 5.95. The Balaban J connectivity index is 2.92. The predicted molar refractivity (Wildman–Crippen MR) is 61.2 cm³/mol. The van der Waals surface area contributed by atoms with E-state index in [4.69, 9.17) is 18.2 Å². The number of aromatic amines is 1. The third-order valence-electron chi connectivity index (χ3n) is 2.33. The van der Waals surface area contributed by atoms with Crippen LogP contribution in [-0.2, 0) is 0 Å². The lowest BCUT2D eigenvalue weighted by atomic mass is 10.1. The van der Waals surface area contributed by atoms with E-state index in [-0.39, 0.29) is 28.0 Å². The summed E-state index contributed by atoms with van der Waals surface area (Å²) in [6, 6.07) is 0. The molecule has 0 saturated heterocycles. The van der Waals surface area contributed by atoms with Gasteiger partial charge in [-0.1, -0.05) is 25.4 Å². The Kier molecular flexibility index (Phi) is 2.44. The van der Waals surface area contributed by atoms with Gasteiger partial charge in [0.05, 0.1) is 12.1 Å². The van der Waals surface area contributed by atoms with Crippen molar-refractivity contribution >= 4 is 22.9 Å². The smallest absolute Gasteiger partial charge is 0.276 e. The Morgan fingerprint density at radius 1 is 1.62 bits per heavy atom. The van der Waals surface area contributed by atoms with E-state index in [1.54, 1.807) is 0 Å². The molecular formula is C10H9ClN4O. The highest BCUT2D eigenvalue weighted by Crippen LogP contribution is 2.23. The monoisotopic (exact) mass is 236 g/mol. The van der Waals surface area contributed by atoms with Gasteiger partial charge in [-0.2, -0.15) is 0 Å². The summed E-state index contributed by atoms with van der Waals surface area (Å²) in [5.41, 5.74) is 0.765. The Bertz CT molecular complexity index is 647. The van der Waals surface area contributed by atoms with E-state index in [1.807, 2.05) is 13.8 Å². The van der Waals surface area contributed by atoms with Crippen LogP contribution in [-0.4, -0.2) is 14.6 Å². The first-order valence-electron chi connectivity index (χ1n) is 4.73. The molecule has 2 heterocycles. The fraction of sp³-hybridized carbons (Fsp3) is 0.300. The second kappa shape index (κ2) is 3.65. The zero-order valence-electron chi connectivity index (χ0n) is 8.78. The van der Waals surface area contributed by atoms with Crippen molar-refractivity contribution in [2.75, 3.05) is 0 Å². The van der Waals surface area contributed by atoms with E-state index in [9.17, 15) is 4.79 Å². The molecule has 0 aliphatic carbocycles. The fourth-order valence-corrected chi connectivity index (χ4v) is 1.94. The number of aromatic nitrogens is 3. The molecule has 0 fully saturated rings. The van der Waals surface area contributed by atoms with Crippen molar-refractivity contribution in [2.45, 2.75) is 19.8 Å². The van der Waals surface area contributed by atoms with Gasteiger partial charge in [0.25, 0.3) is 5.56 Å². The van der Waals surface area contributed by atoms with E-state index >= 15 is 0 Å². The first-order chi connectivity index (χ1) is 7.56. The highest BCUT2D eigenvalue weighted by molar-refractivity contribution is 6.30. The molecular weight excluding hydrogens is 228 g/mol. The highest BCUT2D eigenvalue weighted by Gasteiger charge is 2.16. The second-order valence-corrected chi connectivity index (χ2v) is 4.06. The largest absolute Gasteiger partial charge is 0.308 e. The van der Waals surface area contributed by atoms with Crippen molar-refractivity contribution < 1.29 is 0 Å². The normalized spacial score (nSPS) is 10.9. The van der Waals surface area contributed by atoms with Gasteiger partial charge in [0.2, 0.25) is 5.69 Å². The van der Waals surface area contributed by atoms with E-state index in [2.05, 4.69) is 14.9 Å². The van der Waals surface area contributed by atoms with Gasteiger partial charge in [-0.3, -0.25) is 4.79 Å². The Labute approximate surface area is 96.5 Å². The first-order valence-corrected chi connectivity index (χ1v) is 5.11. The highest BCUT2D eigenvalue weighted by atomic mass is 35.5. The molecule has 0 aliphatic rings. The lowest BCUT2D eigenvalue weighted by molar-refractivity contribution is 0.794. The standard InChI is InChI=1S/C10H9ClN4O/c1-5(2)7-8(11)14-9-6(12-3)4-13-15(9)10(7)16/h4-5,13H,1-2H3. The minimum atomic E-state index is -0.250. The molecule has 82 valence electrons. The number of fused-ring (bicyclic) bond motifs is 1. The van der Waals surface area contributed by atoms with Gasteiger partial charge in [0, 0.05) is 6.20 Å². The van der Waals surface area contributed by atoms with Crippen LogP contribution >= 0.6 is 11.6 Å². The molecule has 0 unspecified atom stereocenters. The Morgan fingerprint density at radius 3 is 2.88 bits per heavy atom. The minimum Gasteiger partial charge on any atom is -0.308 e. The van der Waals surface area contributed by atoms with Gasteiger partial charge < -0.3 is 5.10 Å². The van der Waals surface area contributed by atoms with Gasteiger partial charge in [-0.05, 0) is 5.92 Å². The van der Waals surface area contributed by atoms with Crippen molar-refractivity contribution in [1.82, 2.24) is 14.6 Å². The van der Waals surface area contributed by atoms with Crippen LogP contribution in [0.4, 0.5) is 5.69 Å². The predicted octanol–water partition coefficient (Wildman–Crippen LogP) is 2.35. The van der Waals surface area contributed by atoms with Gasteiger partial charge in [-0.15, -0.1) is 0 Å². The van der Waals surface area contributed by atoms with Crippen LogP contribution in [0.1, 0.15) is 25.3 Å². The number of hydrogen-bond donors (Lipinski definition) is 1. The third kappa shape index (κ3) is 1.39. The number of H-pyrrole nitrogens is 1. The van der Waals surface area contributed by atoms with Crippen LogP contribution in [0, 0.1) is 6.57 Å². The lowest BCUT2D eigenvalue weighted by Crippen LogP contribution is -2.21. The minimum absolute atomic E-state index is 0.0101. The molecule has 0 radical (unpaired) electrons. The van der Waals surface area contributed by atoms with Crippen LogP contribution in [0.15, 0.2) is 11.0 Å². The summed E-state index contributed by atoms with van der Waals surface area (Å²) in [5, 5.41) is 2.87. The average Bonchev–Trinajstić information content (AvgIpc) is 2.60. The van der Waals surface area contributed by atoms with Gasteiger partial charge in [-0.25, -0.2) is 14.3 Å². The van der Waals surface area contributed by atoms with Crippen molar-refractivity contribution in [3.05, 3.63) is 38.7 Å². The van der Waals surface area contributed by atoms with Crippen molar-refractivity contribution in [2.24, 2.45) is 0 Å². The number of rotatable bonds is 1. The van der Waals surface area contributed by atoms with E-state index < -0.39 is 0 Å². The summed E-state index contributed by atoms with van der Waals surface area (Å²) in [6.45, 7) is 10.7.